The smallest absolute Gasteiger partial charge is 0.233 e. The number of benzene rings is 1. The molecule has 0 saturated carbocycles. The minimum atomic E-state index is 0.207. The van der Waals surface area contributed by atoms with Gasteiger partial charge in [0, 0.05) is 18.8 Å². The molecule has 2 aromatic rings. The zero-order chi connectivity index (χ0) is 20.9. The Morgan fingerprint density at radius 1 is 1.03 bits per heavy atom. The monoisotopic (exact) mass is 427 g/mol. The Balaban J connectivity index is 1.49. The van der Waals surface area contributed by atoms with Gasteiger partial charge in [-0.25, -0.2) is 0 Å². The Morgan fingerprint density at radius 3 is 2.43 bits per heavy atom. The summed E-state index contributed by atoms with van der Waals surface area (Å²) in [6, 6.07) is 10.3. The zero-order valence-electron chi connectivity index (χ0n) is 18.2. The summed E-state index contributed by atoms with van der Waals surface area (Å²) in [4.78, 5) is 17.4. The van der Waals surface area contributed by atoms with Crippen LogP contribution in [0.1, 0.15) is 45.4 Å². The highest BCUT2D eigenvalue weighted by Crippen LogP contribution is 2.26. The molecule has 2 fully saturated rings. The highest BCUT2D eigenvalue weighted by Gasteiger charge is 2.26. The number of carbonyl (C=O) groups is 1. The molecule has 0 unspecified atom stereocenters. The van der Waals surface area contributed by atoms with Crippen LogP contribution in [0, 0.1) is 11.8 Å². The predicted octanol–water partition coefficient (Wildman–Crippen LogP) is 3.85. The first-order valence-electron chi connectivity index (χ1n) is 11.2. The minimum absolute atomic E-state index is 0.207. The van der Waals surface area contributed by atoms with E-state index in [0.29, 0.717) is 17.6 Å². The predicted molar refractivity (Wildman–Crippen MR) is 121 cm³/mol. The lowest BCUT2D eigenvalue weighted by Gasteiger charge is -2.35. The van der Waals surface area contributed by atoms with Crippen LogP contribution in [0.4, 0.5) is 0 Å². The van der Waals surface area contributed by atoms with Gasteiger partial charge in [0.25, 0.3) is 0 Å². The molecule has 1 amide bonds. The van der Waals surface area contributed by atoms with E-state index in [1.165, 1.54) is 37.4 Å². The number of amides is 1. The lowest BCUT2D eigenvalue weighted by atomic mass is 9.92. The Kier molecular flexibility index (Phi) is 7.10. The highest BCUT2D eigenvalue weighted by molar-refractivity contribution is 7.99. The maximum Gasteiger partial charge on any atom is 0.233 e. The number of thioether (sulfide) groups is 1. The van der Waals surface area contributed by atoms with Gasteiger partial charge < -0.3 is 4.90 Å². The van der Waals surface area contributed by atoms with Crippen molar-refractivity contribution in [1.82, 2.24) is 24.6 Å². The summed E-state index contributed by atoms with van der Waals surface area (Å²) in [5.41, 5.74) is 1.06. The van der Waals surface area contributed by atoms with E-state index in [9.17, 15) is 4.79 Å². The summed E-state index contributed by atoms with van der Waals surface area (Å²) in [5, 5.41) is 9.82. The molecule has 30 heavy (non-hydrogen) atoms. The van der Waals surface area contributed by atoms with Gasteiger partial charge in [-0.05, 0) is 56.3 Å². The third kappa shape index (κ3) is 5.24. The fourth-order valence-electron chi connectivity index (χ4n) is 4.73. The SMILES string of the molecule is C[C@@H]1C[C@H](C)CN(C(=O)CSc2nnc(CN3CCCCC3)n2-c2ccccc2)C1. The van der Waals surface area contributed by atoms with Crippen LogP contribution in [0.3, 0.4) is 0 Å². The van der Waals surface area contributed by atoms with E-state index < -0.39 is 0 Å². The largest absolute Gasteiger partial charge is 0.341 e. The Labute approximate surface area is 184 Å². The number of rotatable bonds is 6. The van der Waals surface area contributed by atoms with Gasteiger partial charge in [0.1, 0.15) is 0 Å². The number of carbonyl (C=O) groups excluding carboxylic acids is 1. The second kappa shape index (κ2) is 9.96. The van der Waals surface area contributed by atoms with Crippen LogP contribution in [-0.2, 0) is 11.3 Å². The molecule has 2 atom stereocenters. The van der Waals surface area contributed by atoms with Crippen LogP contribution in [0.2, 0.25) is 0 Å². The number of likely N-dealkylation sites (tertiary alicyclic amines) is 2. The van der Waals surface area contributed by atoms with E-state index in [-0.39, 0.29) is 5.91 Å². The van der Waals surface area contributed by atoms with E-state index >= 15 is 0 Å². The van der Waals surface area contributed by atoms with Crippen molar-refractivity contribution >= 4 is 17.7 Å². The van der Waals surface area contributed by atoms with Gasteiger partial charge in [-0.15, -0.1) is 10.2 Å². The maximum absolute atomic E-state index is 12.9. The van der Waals surface area contributed by atoms with Crippen LogP contribution in [0.5, 0.6) is 0 Å². The van der Waals surface area contributed by atoms with E-state index in [4.69, 9.17) is 0 Å². The Hall–Kier alpha value is -1.86. The Morgan fingerprint density at radius 2 is 1.73 bits per heavy atom. The molecule has 2 saturated heterocycles. The van der Waals surface area contributed by atoms with E-state index in [0.717, 1.165) is 49.4 Å². The van der Waals surface area contributed by atoms with Crippen LogP contribution >= 0.6 is 11.8 Å². The molecular weight excluding hydrogens is 394 g/mol. The first-order chi connectivity index (χ1) is 14.6. The summed E-state index contributed by atoms with van der Waals surface area (Å²) in [5.74, 6) is 2.73. The molecule has 0 spiro atoms. The molecule has 1 aromatic heterocycles. The standard InChI is InChI=1S/C23H33N5OS/c1-18-13-19(2)15-27(14-18)22(29)17-30-23-25-24-21(16-26-11-7-4-8-12-26)28(23)20-9-5-3-6-10-20/h3,5-6,9-10,18-19H,4,7-8,11-17H2,1-2H3/t18-,19+. The average molecular weight is 428 g/mol. The second-order valence-corrected chi connectivity index (χ2v) is 9.88. The summed E-state index contributed by atoms with van der Waals surface area (Å²) < 4.78 is 2.13. The first-order valence-corrected chi connectivity index (χ1v) is 12.2. The van der Waals surface area contributed by atoms with Gasteiger partial charge in [0.15, 0.2) is 11.0 Å². The van der Waals surface area contributed by atoms with Crippen LogP contribution in [0.15, 0.2) is 35.5 Å². The number of hydrogen-bond donors (Lipinski definition) is 0. The minimum Gasteiger partial charge on any atom is -0.341 e. The van der Waals surface area contributed by atoms with E-state index in [2.05, 4.69) is 45.6 Å². The van der Waals surface area contributed by atoms with Crippen molar-refractivity contribution in [1.29, 1.82) is 0 Å². The third-order valence-electron chi connectivity index (χ3n) is 6.07. The van der Waals surface area contributed by atoms with Crippen molar-refractivity contribution in [2.45, 2.75) is 51.2 Å². The lowest BCUT2D eigenvalue weighted by Crippen LogP contribution is -2.43. The molecule has 4 rings (SSSR count). The van der Waals surface area contributed by atoms with Crippen molar-refractivity contribution in [2.24, 2.45) is 11.8 Å². The van der Waals surface area contributed by atoms with Crippen molar-refractivity contribution in [3.63, 3.8) is 0 Å². The quantitative estimate of drug-likeness (QED) is 0.656. The molecule has 162 valence electrons. The van der Waals surface area contributed by atoms with Crippen molar-refractivity contribution in [2.75, 3.05) is 31.9 Å². The number of nitrogens with zero attached hydrogens (tertiary/aromatic N) is 5. The molecule has 6 nitrogen and oxygen atoms in total. The second-order valence-electron chi connectivity index (χ2n) is 8.94. The highest BCUT2D eigenvalue weighted by atomic mass is 32.2. The zero-order valence-corrected chi connectivity index (χ0v) is 19.0. The van der Waals surface area contributed by atoms with Crippen molar-refractivity contribution in [3.05, 3.63) is 36.2 Å². The molecule has 0 radical (unpaired) electrons. The molecule has 2 aliphatic heterocycles. The van der Waals surface area contributed by atoms with Gasteiger partial charge >= 0.3 is 0 Å². The molecule has 0 bridgehead atoms. The summed E-state index contributed by atoms with van der Waals surface area (Å²) in [6.45, 7) is 9.26. The van der Waals surface area contributed by atoms with Gasteiger partial charge in [-0.3, -0.25) is 14.3 Å². The van der Waals surface area contributed by atoms with Crippen molar-refractivity contribution in [3.8, 4) is 5.69 Å². The van der Waals surface area contributed by atoms with E-state index in [1.54, 1.807) is 0 Å². The van der Waals surface area contributed by atoms with Crippen molar-refractivity contribution < 1.29 is 4.79 Å². The molecule has 2 aliphatic rings. The van der Waals surface area contributed by atoms with Crippen LogP contribution < -0.4 is 0 Å². The third-order valence-corrected chi connectivity index (χ3v) is 6.99. The van der Waals surface area contributed by atoms with Crippen LogP contribution in [-0.4, -0.2) is 62.4 Å². The molecular formula is C23H33N5OS. The normalized spacial score (nSPS) is 22.9. The maximum atomic E-state index is 12.9. The van der Waals surface area contributed by atoms with Gasteiger partial charge in [0.2, 0.25) is 5.91 Å². The first kappa shape index (κ1) is 21.4. The fraction of sp³-hybridized carbons (Fsp3) is 0.609. The van der Waals surface area contributed by atoms with Gasteiger partial charge in [-0.1, -0.05) is 50.2 Å². The fourth-order valence-corrected chi connectivity index (χ4v) is 5.61. The Bertz CT molecular complexity index is 823. The molecule has 1 aromatic carbocycles. The summed E-state index contributed by atoms with van der Waals surface area (Å²) in [6.07, 6.45) is 5.03. The van der Waals surface area contributed by atoms with Gasteiger partial charge in [0.05, 0.1) is 12.3 Å². The van der Waals surface area contributed by atoms with Gasteiger partial charge in [-0.2, -0.15) is 0 Å². The number of para-hydroxylation sites is 1. The number of aromatic nitrogens is 3. The molecule has 3 heterocycles. The molecule has 0 N–H and O–H groups in total. The number of hydrogen-bond acceptors (Lipinski definition) is 5. The van der Waals surface area contributed by atoms with Crippen LogP contribution in [0.25, 0.3) is 5.69 Å². The summed E-state index contributed by atoms with van der Waals surface area (Å²) >= 11 is 1.51. The van der Waals surface area contributed by atoms with E-state index in [1.807, 2.05) is 23.1 Å². The lowest BCUT2D eigenvalue weighted by molar-refractivity contribution is -0.130. The number of piperidine rings is 2. The average Bonchev–Trinajstić information content (AvgIpc) is 3.15. The summed E-state index contributed by atoms with van der Waals surface area (Å²) in [7, 11) is 0. The molecule has 7 heteroatoms. The topological polar surface area (TPSA) is 54.3 Å². The molecule has 0 aliphatic carbocycles.